The predicted molar refractivity (Wildman–Crippen MR) is 210 cm³/mol. The molecule has 0 saturated carbocycles. The molecule has 2 heterocycles. The van der Waals surface area contributed by atoms with Crippen molar-refractivity contribution in [3.8, 4) is 22.3 Å². The number of hydrogen-bond acceptors (Lipinski definition) is 3. The van der Waals surface area contributed by atoms with Crippen LogP contribution in [0.25, 0.3) is 75.1 Å². The smallest absolute Gasteiger partial charge is 0.137 e. The molecule has 0 unspecified atom stereocenters. The van der Waals surface area contributed by atoms with Crippen LogP contribution in [-0.4, -0.2) is 0 Å². The van der Waals surface area contributed by atoms with Gasteiger partial charge < -0.3 is 9.32 Å². The van der Waals surface area contributed by atoms with E-state index >= 15 is 0 Å². The number of para-hydroxylation sites is 2. The molecule has 0 atom stereocenters. The molecular formula is C46H29NOS. The molecule has 2 aromatic heterocycles. The van der Waals surface area contributed by atoms with Crippen molar-refractivity contribution >= 4 is 81.3 Å². The normalized spacial score (nSPS) is 11.7. The van der Waals surface area contributed by atoms with Crippen LogP contribution in [0.1, 0.15) is 0 Å². The van der Waals surface area contributed by atoms with Crippen LogP contribution in [0, 0.1) is 0 Å². The molecule has 8 aromatic carbocycles. The molecule has 0 spiro atoms. The van der Waals surface area contributed by atoms with Gasteiger partial charge in [0, 0.05) is 36.8 Å². The van der Waals surface area contributed by atoms with E-state index in [0.717, 1.165) is 44.6 Å². The predicted octanol–water partition coefficient (Wildman–Crippen LogP) is 13.9. The summed E-state index contributed by atoms with van der Waals surface area (Å²) >= 11 is 1.87. The first-order valence-corrected chi connectivity index (χ1v) is 17.4. The van der Waals surface area contributed by atoms with Gasteiger partial charge >= 0.3 is 0 Å². The van der Waals surface area contributed by atoms with Crippen molar-refractivity contribution in [1.82, 2.24) is 0 Å². The lowest BCUT2D eigenvalue weighted by Gasteiger charge is -2.29. The SMILES string of the molecule is c1cc(-c2cccc3c2sc2ccccc23)cc(N(c2ccccc2-c2ccc3ccccc3c2)c2cccc3oc4ccccc4c23)c1. The summed E-state index contributed by atoms with van der Waals surface area (Å²) in [7, 11) is 0. The Labute approximate surface area is 287 Å². The Morgan fingerprint density at radius 3 is 2.06 bits per heavy atom. The fourth-order valence-corrected chi connectivity index (χ4v) is 8.65. The molecule has 0 radical (unpaired) electrons. The van der Waals surface area contributed by atoms with Gasteiger partial charge in [-0.1, -0.05) is 127 Å². The van der Waals surface area contributed by atoms with Crippen LogP contribution in [0.2, 0.25) is 0 Å². The van der Waals surface area contributed by atoms with Crippen LogP contribution in [0.4, 0.5) is 17.1 Å². The highest BCUT2D eigenvalue weighted by Crippen LogP contribution is 2.47. The van der Waals surface area contributed by atoms with E-state index in [1.165, 1.54) is 47.6 Å². The molecule has 0 N–H and O–H groups in total. The van der Waals surface area contributed by atoms with Crippen molar-refractivity contribution in [2.75, 3.05) is 4.90 Å². The van der Waals surface area contributed by atoms with E-state index in [1.807, 2.05) is 17.4 Å². The molecule has 10 aromatic rings. The summed E-state index contributed by atoms with van der Waals surface area (Å²) in [5.74, 6) is 0. The third-order valence-electron chi connectivity index (χ3n) is 9.65. The first kappa shape index (κ1) is 27.9. The maximum absolute atomic E-state index is 6.42. The van der Waals surface area contributed by atoms with E-state index < -0.39 is 0 Å². The molecule has 10 rings (SSSR count). The number of rotatable bonds is 5. The average molecular weight is 644 g/mol. The van der Waals surface area contributed by atoms with E-state index in [1.54, 1.807) is 0 Å². The lowest BCUT2D eigenvalue weighted by atomic mass is 9.97. The zero-order valence-corrected chi connectivity index (χ0v) is 27.3. The summed E-state index contributed by atoms with van der Waals surface area (Å²) < 4.78 is 9.05. The van der Waals surface area contributed by atoms with Gasteiger partial charge in [-0.3, -0.25) is 0 Å². The minimum Gasteiger partial charge on any atom is -0.456 e. The zero-order chi connectivity index (χ0) is 32.3. The minimum atomic E-state index is 0.873. The Morgan fingerprint density at radius 1 is 0.429 bits per heavy atom. The lowest BCUT2D eigenvalue weighted by molar-refractivity contribution is 0.669. The number of furan rings is 1. The molecule has 230 valence electrons. The largest absolute Gasteiger partial charge is 0.456 e. The van der Waals surface area contributed by atoms with Crippen LogP contribution in [0.5, 0.6) is 0 Å². The molecule has 3 heteroatoms. The molecule has 0 saturated heterocycles. The van der Waals surface area contributed by atoms with Crippen molar-refractivity contribution in [2.45, 2.75) is 0 Å². The van der Waals surface area contributed by atoms with Crippen molar-refractivity contribution in [3.05, 3.63) is 176 Å². The molecule has 2 nitrogen and oxygen atoms in total. The Bertz CT molecular complexity index is 2860. The van der Waals surface area contributed by atoms with Crippen LogP contribution < -0.4 is 4.90 Å². The second kappa shape index (κ2) is 11.2. The van der Waals surface area contributed by atoms with E-state index in [4.69, 9.17) is 4.42 Å². The molecule has 0 amide bonds. The van der Waals surface area contributed by atoms with Crippen LogP contribution in [0.15, 0.2) is 180 Å². The number of fused-ring (bicyclic) bond motifs is 7. The summed E-state index contributed by atoms with van der Waals surface area (Å²) in [5, 5.41) is 7.28. The Morgan fingerprint density at radius 2 is 1.10 bits per heavy atom. The fourth-order valence-electron chi connectivity index (χ4n) is 7.41. The van der Waals surface area contributed by atoms with Gasteiger partial charge in [-0.2, -0.15) is 0 Å². The molecule has 0 fully saturated rings. The maximum Gasteiger partial charge on any atom is 0.137 e. The van der Waals surface area contributed by atoms with Gasteiger partial charge in [-0.25, -0.2) is 0 Å². The molecule has 0 aliphatic carbocycles. The summed E-state index contributed by atoms with van der Waals surface area (Å²) in [6.07, 6.45) is 0. The second-order valence-electron chi connectivity index (χ2n) is 12.5. The lowest BCUT2D eigenvalue weighted by Crippen LogP contribution is -2.11. The van der Waals surface area contributed by atoms with E-state index in [9.17, 15) is 0 Å². The highest BCUT2D eigenvalue weighted by atomic mass is 32.1. The first-order valence-electron chi connectivity index (χ1n) is 16.6. The van der Waals surface area contributed by atoms with E-state index in [-0.39, 0.29) is 0 Å². The van der Waals surface area contributed by atoms with Gasteiger partial charge in [-0.05, 0) is 76.0 Å². The highest BCUT2D eigenvalue weighted by Gasteiger charge is 2.22. The first-order chi connectivity index (χ1) is 24.3. The van der Waals surface area contributed by atoms with Crippen LogP contribution in [0.3, 0.4) is 0 Å². The van der Waals surface area contributed by atoms with Gasteiger partial charge in [0.2, 0.25) is 0 Å². The zero-order valence-electron chi connectivity index (χ0n) is 26.5. The number of thiophene rings is 1. The Hall–Kier alpha value is -6.16. The van der Waals surface area contributed by atoms with Gasteiger partial charge in [0.05, 0.1) is 16.8 Å². The van der Waals surface area contributed by atoms with E-state index in [2.05, 4.69) is 175 Å². The van der Waals surface area contributed by atoms with Gasteiger partial charge in [0.1, 0.15) is 11.2 Å². The number of benzene rings is 8. The van der Waals surface area contributed by atoms with Crippen LogP contribution >= 0.6 is 11.3 Å². The Kier molecular flexibility index (Phi) is 6.39. The second-order valence-corrected chi connectivity index (χ2v) is 13.5. The molecule has 49 heavy (non-hydrogen) atoms. The van der Waals surface area contributed by atoms with Crippen molar-refractivity contribution in [1.29, 1.82) is 0 Å². The molecule has 0 bridgehead atoms. The average Bonchev–Trinajstić information content (AvgIpc) is 3.74. The summed E-state index contributed by atoms with van der Waals surface area (Å²) in [6, 6.07) is 63.3. The van der Waals surface area contributed by atoms with Gasteiger partial charge in [0.25, 0.3) is 0 Å². The third-order valence-corrected chi connectivity index (χ3v) is 10.9. The topological polar surface area (TPSA) is 16.4 Å². The molecule has 0 aliphatic heterocycles. The standard InChI is InChI=1S/C46H29NOS/c1-2-13-31-28-33(27-26-30(31)12-1)35-16-3-6-21-40(35)47(41-22-11-24-43-45(41)39-18-4-7-23-42(39)48-43)34-15-9-14-32(29-34)36-19-10-20-38-37-17-5-8-25-44(37)49-46(36)38/h1-29H. The minimum absolute atomic E-state index is 0.873. The summed E-state index contributed by atoms with van der Waals surface area (Å²) in [6.45, 7) is 0. The quantitative estimate of drug-likeness (QED) is 0.186. The van der Waals surface area contributed by atoms with Gasteiger partial charge in [-0.15, -0.1) is 11.3 Å². The van der Waals surface area contributed by atoms with Crippen molar-refractivity contribution in [2.24, 2.45) is 0 Å². The highest BCUT2D eigenvalue weighted by molar-refractivity contribution is 7.26. The molecule has 0 aliphatic rings. The van der Waals surface area contributed by atoms with E-state index in [0.29, 0.717) is 0 Å². The number of hydrogen-bond donors (Lipinski definition) is 0. The third kappa shape index (κ3) is 4.55. The van der Waals surface area contributed by atoms with Crippen LogP contribution in [-0.2, 0) is 0 Å². The Balaban J connectivity index is 1.24. The summed E-state index contributed by atoms with van der Waals surface area (Å²) in [4.78, 5) is 2.42. The number of anilines is 3. The number of nitrogens with zero attached hydrogens (tertiary/aromatic N) is 1. The van der Waals surface area contributed by atoms with Gasteiger partial charge in [0.15, 0.2) is 0 Å². The van der Waals surface area contributed by atoms with Crippen molar-refractivity contribution < 1.29 is 4.42 Å². The fraction of sp³-hybridized carbons (Fsp3) is 0. The molecular weight excluding hydrogens is 615 g/mol. The van der Waals surface area contributed by atoms with Crippen molar-refractivity contribution in [3.63, 3.8) is 0 Å². The monoisotopic (exact) mass is 643 g/mol. The summed E-state index contributed by atoms with van der Waals surface area (Å²) in [5.41, 5.74) is 9.80. The maximum atomic E-state index is 6.42.